The maximum absolute atomic E-state index is 5.26. The summed E-state index contributed by atoms with van der Waals surface area (Å²) in [6, 6.07) is 57.2. The standard InChI is InChI=1S/C52H32N6S2/c1-2-9-33(10-3-1)34-16-18-36(19-17-34)45-32-46(57-49(56-45)37-22-20-35(21-23-37)44-15-4-5-26-53-44)38-11-6-12-39(31-38)58-50-42(13-7-27-54-50)52(43-14-8-28-55-51(43)58)40-24-29-59-47(40)48-41(52)25-30-60-48/h1-32H. The minimum atomic E-state index is -0.509. The summed E-state index contributed by atoms with van der Waals surface area (Å²) >= 11 is 3.62. The first-order valence-electron chi connectivity index (χ1n) is 19.8. The molecule has 6 nitrogen and oxygen atoms in total. The minimum absolute atomic E-state index is 0.509. The third-order valence-corrected chi connectivity index (χ3v) is 13.7. The lowest BCUT2D eigenvalue weighted by Gasteiger charge is -2.42. The Morgan fingerprint density at radius 3 is 1.58 bits per heavy atom. The van der Waals surface area contributed by atoms with E-state index in [1.807, 2.05) is 65.5 Å². The number of pyridine rings is 3. The van der Waals surface area contributed by atoms with Gasteiger partial charge in [0.25, 0.3) is 0 Å². The Hall–Kier alpha value is -7.39. The van der Waals surface area contributed by atoms with Gasteiger partial charge in [0.15, 0.2) is 5.82 Å². The molecule has 1 aliphatic carbocycles. The number of thiophene rings is 2. The Morgan fingerprint density at radius 1 is 0.383 bits per heavy atom. The maximum atomic E-state index is 5.26. The highest BCUT2D eigenvalue weighted by Crippen LogP contribution is 2.64. The molecule has 2 aliphatic rings. The molecular formula is C52H32N6S2. The lowest BCUT2D eigenvalue weighted by molar-refractivity contribution is 0.740. The minimum Gasteiger partial charge on any atom is -0.278 e. The highest BCUT2D eigenvalue weighted by molar-refractivity contribution is 7.21. The fraction of sp³-hybridized carbons (Fsp3) is 0.0192. The smallest absolute Gasteiger partial charge is 0.160 e. The zero-order valence-corrected chi connectivity index (χ0v) is 33.6. The lowest BCUT2D eigenvalue weighted by atomic mass is 9.67. The van der Waals surface area contributed by atoms with Crippen molar-refractivity contribution in [2.45, 2.75) is 5.41 Å². The van der Waals surface area contributed by atoms with Crippen LogP contribution in [0.1, 0.15) is 22.3 Å². The Morgan fingerprint density at radius 2 is 0.933 bits per heavy atom. The summed E-state index contributed by atoms with van der Waals surface area (Å²) in [5.74, 6) is 2.38. The Kier molecular flexibility index (Phi) is 8.01. The normalized spacial score (nSPS) is 13.1. The van der Waals surface area contributed by atoms with Crippen LogP contribution < -0.4 is 4.90 Å². The van der Waals surface area contributed by atoms with Crippen molar-refractivity contribution in [3.05, 3.63) is 215 Å². The summed E-state index contributed by atoms with van der Waals surface area (Å²) in [4.78, 5) is 30.2. The van der Waals surface area contributed by atoms with Gasteiger partial charge in [-0.3, -0.25) is 9.88 Å². The zero-order valence-electron chi connectivity index (χ0n) is 32.0. The van der Waals surface area contributed by atoms with Crippen LogP contribution in [0.4, 0.5) is 17.3 Å². The van der Waals surface area contributed by atoms with Crippen LogP contribution >= 0.6 is 22.7 Å². The average Bonchev–Trinajstić information content (AvgIpc) is 4.07. The molecule has 0 unspecified atom stereocenters. The molecule has 0 radical (unpaired) electrons. The molecule has 282 valence electrons. The van der Waals surface area contributed by atoms with Crippen molar-refractivity contribution >= 4 is 40.0 Å². The highest BCUT2D eigenvalue weighted by atomic mass is 32.1. The summed E-state index contributed by atoms with van der Waals surface area (Å²) in [7, 11) is 0. The number of rotatable bonds is 6. The quantitative estimate of drug-likeness (QED) is 0.167. The fourth-order valence-electron chi connectivity index (χ4n) is 8.98. The summed E-state index contributed by atoms with van der Waals surface area (Å²) in [5, 5.41) is 4.43. The molecule has 7 heterocycles. The van der Waals surface area contributed by atoms with Gasteiger partial charge in [-0.15, -0.1) is 22.7 Å². The van der Waals surface area contributed by atoms with Crippen molar-refractivity contribution in [1.82, 2.24) is 24.9 Å². The van der Waals surface area contributed by atoms with Crippen molar-refractivity contribution in [2.75, 3.05) is 4.90 Å². The zero-order chi connectivity index (χ0) is 39.6. The molecule has 0 N–H and O–H groups in total. The number of nitrogens with zero attached hydrogens (tertiary/aromatic N) is 6. The van der Waals surface area contributed by atoms with Crippen LogP contribution in [0, 0.1) is 0 Å². The summed E-state index contributed by atoms with van der Waals surface area (Å²) in [5.41, 5.74) is 14.2. The van der Waals surface area contributed by atoms with E-state index in [1.165, 1.54) is 26.4 Å². The average molecular weight is 805 g/mol. The molecule has 4 aromatic carbocycles. The molecule has 10 aromatic rings. The van der Waals surface area contributed by atoms with Crippen molar-refractivity contribution < 1.29 is 0 Å². The van der Waals surface area contributed by atoms with Crippen LogP contribution in [0.15, 0.2) is 193 Å². The van der Waals surface area contributed by atoms with Crippen LogP contribution in [0.5, 0.6) is 0 Å². The van der Waals surface area contributed by atoms with E-state index < -0.39 is 5.41 Å². The largest absolute Gasteiger partial charge is 0.278 e. The molecule has 0 atom stereocenters. The number of hydrogen-bond donors (Lipinski definition) is 0. The number of benzene rings is 4. The van der Waals surface area contributed by atoms with E-state index in [2.05, 4.69) is 160 Å². The molecule has 12 rings (SSSR count). The van der Waals surface area contributed by atoms with E-state index in [0.717, 1.165) is 73.3 Å². The highest BCUT2D eigenvalue weighted by Gasteiger charge is 2.54. The van der Waals surface area contributed by atoms with Gasteiger partial charge >= 0.3 is 0 Å². The van der Waals surface area contributed by atoms with Gasteiger partial charge in [0.1, 0.15) is 11.6 Å². The van der Waals surface area contributed by atoms with Crippen LogP contribution in [-0.4, -0.2) is 24.9 Å². The van der Waals surface area contributed by atoms with Crippen molar-refractivity contribution in [1.29, 1.82) is 0 Å². The molecule has 0 amide bonds. The van der Waals surface area contributed by atoms with E-state index >= 15 is 0 Å². The number of hydrogen-bond acceptors (Lipinski definition) is 8. The number of fused-ring (bicyclic) bond motifs is 9. The van der Waals surface area contributed by atoms with E-state index in [4.69, 9.17) is 19.9 Å². The summed E-state index contributed by atoms with van der Waals surface area (Å²) in [6.07, 6.45) is 5.60. The first-order chi connectivity index (χ1) is 29.7. The van der Waals surface area contributed by atoms with Gasteiger partial charge in [-0.1, -0.05) is 109 Å². The Balaban J connectivity index is 1.000. The van der Waals surface area contributed by atoms with Gasteiger partial charge in [-0.05, 0) is 87.6 Å². The molecule has 0 saturated heterocycles. The van der Waals surface area contributed by atoms with Gasteiger partial charge < -0.3 is 0 Å². The predicted octanol–water partition coefficient (Wildman–Crippen LogP) is 13.3. The Labute approximate surface area is 354 Å². The van der Waals surface area contributed by atoms with Crippen molar-refractivity contribution in [2.24, 2.45) is 0 Å². The maximum Gasteiger partial charge on any atom is 0.160 e. The molecule has 1 spiro atoms. The topological polar surface area (TPSA) is 67.7 Å². The summed E-state index contributed by atoms with van der Waals surface area (Å²) < 4.78 is 0. The van der Waals surface area contributed by atoms with Crippen LogP contribution in [0.3, 0.4) is 0 Å². The lowest BCUT2D eigenvalue weighted by Crippen LogP contribution is -2.36. The van der Waals surface area contributed by atoms with Crippen molar-refractivity contribution in [3.63, 3.8) is 0 Å². The van der Waals surface area contributed by atoms with E-state index in [-0.39, 0.29) is 0 Å². The third kappa shape index (κ3) is 5.35. The molecule has 8 heteroatoms. The second kappa shape index (κ2) is 13.9. The molecule has 6 aromatic heterocycles. The van der Waals surface area contributed by atoms with Crippen molar-refractivity contribution in [3.8, 4) is 66.0 Å². The number of anilines is 3. The third-order valence-electron chi connectivity index (χ3n) is 11.7. The second-order valence-electron chi connectivity index (χ2n) is 14.9. The van der Waals surface area contributed by atoms with Crippen LogP contribution in [0.25, 0.3) is 66.0 Å². The first kappa shape index (κ1) is 34.6. The molecule has 0 bridgehead atoms. The summed E-state index contributed by atoms with van der Waals surface area (Å²) in [6.45, 7) is 0. The predicted molar refractivity (Wildman–Crippen MR) is 244 cm³/mol. The monoisotopic (exact) mass is 804 g/mol. The van der Waals surface area contributed by atoms with E-state index in [0.29, 0.717) is 5.82 Å². The number of aromatic nitrogens is 5. The van der Waals surface area contributed by atoms with Gasteiger partial charge in [-0.25, -0.2) is 19.9 Å². The van der Waals surface area contributed by atoms with E-state index in [9.17, 15) is 0 Å². The molecule has 1 aliphatic heterocycles. The van der Waals surface area contributed by atoms with Crippen LogP contribution in [0.2, 0.25) is 0 Å². The molecule has 60 heavy (non-hydrogen) atoms. The SMILES string of the molecule is c1ccc(-c2ccc(-c3cc(-c4cccc(N5c6ncccc6C6(c7cccnc75)c5ccsc5-c5sccc56)c4)nc(-c4ccc(-c5ccccn5)cc4)n3)cc2)cc1. The van der Waals surface area contributed by atoms with Gasteiger partial charge in [-0.2, -0.15) is 0 Å². The van der Waals surface area contributed by atoms with Gasteiger partial charge in [0, 0.05) is 67.4 Å². The first-order valence-corrected chi connectivity index (χ1v) is 21.5. The van der Waals surface area contributed by atoms with Gasteiger partial charge in [0.05, 0.1) is 22.5 Å². The Bertz CT molecular complexity index is 3020. The molecule has 0 fully saturated rings. The van der Waals surface area contributed by atoms with Crippen LogP contribution in [-0.2, 0) is 5.41 Å². The second-order valence-corrected chi connectivity index (χ2v) is 16.7. The molecular weight excluding hydrogens is 773 g/mol. The molecule has 0 saturated carbocycles. The van der Waals surface area contributed by atoms with Gasteiger partial charge in [0.2, 0.25) is 0 Å². The van der Waals surface area contributed by atoms with E-state index in [1.54, 1.807) is 0 Å². The fourth-order valence-corrected chi connectivity index (χ4v) is 11.1.